The van der Waals surface area contributed by atoms with E-state index in [9.17, 15) is 29.9 Å². The van der Waals surface area contributed by atoms with E-state index in [0.717, 1.165) is 6.17 Å². The van der Waals surface area contributed by atoms with E-state index in [1.807, 2.05) is 0 Å². The number of hydrogen-bond donors (Lipinski definition) is 2. The third-order valence-corrected chi connectivity index (χ3v) is 0.647. The SMILES string of the molecule is O=P(O)(O)OOCC#CF.O=P([O-])([O-])F.O=P([O-])([O-])F.O=P([O-])([O-])F.O=P([O-])([O-])F.O=P([O-])([O-])F.[Li+].[Li+].[Li+].[Li+].[Li+].[Li+].[Li+].[Li+].[Li+].[Li+]. The van der Waals surface area contributed by atoms with Gasteiger partial charge in [0.2, 0.25) is 0 Å². The molecule has 42 heteroatoms. The molecule has 0 radical (unpaired) electrons. The van der Waals surface area contributed by atoms with Crippen LogP contribution in [0.4, 0.5) is 25.4 Å². The third kappa shape index (κ3) is 686. The zero-order valence-corrected chi connectivity index (χ0v) is 30.3. The van der Waals surface area contributed by atoms with Crippen molar-refractivity contribution in [2.24, 2.45) is 0 Å². The van der Waals surface area contributed by atoms with E-state index in [1.165, 1.54) is 0 Å². The molecule has 0 fully saturated rings. The van der Waals surface area contributed by atoms with Gasteiger partial charge in [0.05, 0.1) is 0 Å². The van der Waals surface area contributed by atoms with Gasteiger partial charge in [-0.1, -0.05) is 0 Å². The molecule has 0 saturated carbocycles. The second-order valence-corrected chi connectivity index (χ2v) is 8.69. The minimum atomic E-state index is -5.64. The normalized spacial score (nSPS) is 8.84. The van der Waals surface area contributed by atoms with Crippen molar-refractivity contribution in [1.29, 1.82) is 0 Å². The molecule has 0 unspecified atom stereocenters. The molecule has 45 heavy (non-hydrogen) atoms. The molecule has 0 aromatic rings. The fourth-order valence-corrected chi connectivity index (χ4v) is 0.342. The van der Waals surface area contributed by atoms with Crippen LogP contribution in [0.3, 0.4) is 0 Å². The van der Waals surface area contributed by atoms with Crippen molar-refractivity contribution in [2.75, 3.05) is 6.61 Å². The van der Waals surface area contributed by atoms with Crippen molar-refractivity contribution in [2.45, 2.75) is 0 Å². The Balaban J connectivity index is -0.0000000157. The molecular formula is C3H4F6Li10O20P6. The number of hydrogen-bond acceptors (Lipinski definition) is 18. The summed E-state index contributed by atoms with van der Waals surface area (Å²) in [5, 5.41) is 0. The van der Waals surface area contributed by atoms with Crippen LogP contribution >= 0.6 is 47.4 Å². The molecule has 2 N–H and O–H groups in total. The summed E-state index contributed by atoms with van der Waals surface area (Å²) in [5.74, 6) is 1.71. The van der Waals surface area contributed by atoms with Gasteiger partial charge in [-0.25, -0.2) is 30.4 Å². The van der Waals surface area contributed by atoms with Gasteiger partial charge >= 0.3 is 196 Å². The minimum absolute atomic E-state index is 0. The Labute approximate surface area is 371 Å². The number of halogens is 6. The van der Waals surface area contributed by atoms with Crippen LogP contribution in [0.2, 0.25) is 0 Å². The summed E-state index contributed by atoms with van der Waals surface area (Å²) in [6.45, 7) is -0.526. The van der Waals surface area contributed by atoms with Crippen LogP contribution in [0.5, 0.6) is 0 Å². The van der Waals surface area contributed by atoms with E-state index in [0.29, 0.717) is 0 Å². The number of phosphoric acid groups is 1. The van der Waals surface area contributed by atoms with Gasteiger partial charge in [0.15, 0.2) is 0 Å². The van der Waals surface area contributed by atoms with Crippen molar-refractivity contribution >= 4 is 47.4 Å². The molecular weight excluding hydrogens is 725 g/mol. The van der Waals surface area contributed by atoms with Gasteiger partial charge < -0.3 is 81.5 Å². The van der Waals surface area contributed by atoms with Gasteiger partial charge in [-0.15, -0.1) is 9.06 Å². The molecule has 218 valence electrons. The Morgan fingerprint density at radius 3 is 0.689 bits per heavy atom. The fraction of sp³-hybridized carbons (Fsp3) is 0.333. The summed E-state index contributed by atoms with van der Waals surface area (Å²) in [4.78, 5) is 104. The molecule has 0 spiro atoms. The standard InChI is InChI=1S/C3H4FO5P.5FH2O3P.10Li/c4-2-1-3-8-9-10(5,6)7;5*1-5(2,3)4;;;;;;;;;;/h3H2,(H2,5,6,7);5*(H2,2,3,4);;;;;;;;;;/q;;;;;;10*+1/p-10. The van der Waals surface area contributed by atoms with Crippen LogP contribution in [-0.4, -0.2) is 16.4 Å². The Kier molecular flexibility index (Phi) is 126. The molecule has 20 nitrogen and oxygen atoms in total. The number of rotatable bonds is 3. The molecule has 0 aromatic carbocycles. The van der Waals surface area contributed by atoms with E-state index in [-0.39, 0.29) is 189 Å². The fourth-order valence-electron chi connectivity index (χ4n) is 0.152. The Morgan fingerprint density at radius 2 is 0.600 bits per heavy atom. The maximum atomic E-state index is 10.9. The average Bonchev–Trinajstić information content (AvgIpc) is 2.32. The van der Waals surface area contributed by atoms with Crippen molar-refractivity contribution in [3.05, 3.63) is 0 Å². The monoisotopic (exact) mass is 730 g/mol. The van der Waals surface area contributed by atoms with Gasteiger partial charge in [0.1, 0.15) is 52.3 Å². The Hall–Kier alpha value is 5.93. The zero-order chi connectivity index (χ0) is 30.5. The quantitative estimate of drug-likeness (QED) is 0.0518. The first kappa shape index (κ1) is 104. The van der Waals surface area contributed by atoms with E-state index in [1.54, 1.807) is 5.92 Å². The van der Waals surface area contributed by atoms with Crippen LogP contribution in [0.25, 0.3) is 0 Å². The van der Waals surface area contributed by atoms with Gasteiger partial charge in [-0.3, -0.25) is 0 Å². The predicted molar refractivity (Wildman–Crippen MR) is 71.5 cm³/mol. The van der Waals surface area contributed by atoms with Crippen molar-refractivity contribution in [3.63, 3.8) is 0 Å². The van der Waals surface area contributed by atoms with Crippen molar-refractivity contribution in [3.8, 4) is 12.1 Å². The van der Waals surface area contributed by atoms with E-state index >= 15 is 0 Å². The molecule has 0 amide bonds. The van der Waals surface area contributed by atoms with Gasteiger partial charge in [0.25, 0.3) is 0 Å². The van der Waals surface area contributed by atoms with E-state index in [2.05, 4.69) is 9.56 Å². The predicted octanol–water partition coefficient (Wildman–Crippen LogP) is -36.1. The van der Waals surface area contributed by atoms with Crippen LogP contribution < -0.4 is 238 Å². The second kappa shape index (κ2) is 54.3. The first-order valence-electron chi connectivity index (χ1n) is 5.60. The zero-order valence-electron chi connectivity index (χ0n) is 24.9. The van der Waals surface area contributed by atoms with Crippen LogP contribution in [0.1, 0.15) is 0 Å². The molecule has 0 atom stereocenters. The molecule has 0 aliphatic heterocycles. The molecule has 0 aliphatic carbocycles. The topological polar surface area (TPSA) is 392 Å². The molecule has 0 bridgehead atoms. The Bertz CT molecular complexity index is 736. The summed E-state index contributed by atoms with van der Waals surface area (Å²) in [6, 6.07) is 0. The smallest absolute Gasteiger partial charge is 0.786 e. The van der Waals surface area contributed by atoms with E-state index < -0.39 is 54.0 Å². The Morgan fingerprint density at radius 1 is 0.467 bits per heavy atom. The maximum Gasteiger partial charge on any atom is 1.00 e. The second-order valence-electron chi connectivity index (χ2n) is 3.25. The van der Waals surface area contributed by atoms with Crippen LogP contribution in [0.15, 0.2) is 0 Å². The van der Waals surface area contributed by atoms with E-state index in [4.69, 9.17) is 81.5 Å². The summed E-state index contributed by atoms with van der Waals surface area (Å²) in [7, 11) is -32.8. The maximum absolute atomic E-state index is 10.9. The summed E-state index contributed by atoms with van der Waals surface area (Å²) in [6.07, 6.45) is 0.946. The summed E-state index contributed by atoms with van der Waals surface area (Å²) < 4.78 is 117. The van der Waals surface area contributed by atoms with Crippen LogP contribution in [0, 0.1) is 12.1 Å². The largest absolute Gasteiger partial charge is 1.00 e. The average molecular weight is 729 g/mol. The van der Waals surface area contributed by atoms with Crippen LogP contribution in [-0.2, 0) is 37.0 Å². The molecule has 0 heterocycles. The van der Waals surface area contributed by atoms with Gasteiger partial charge in [-0.2, -0.15) is 0 Å². The first-order valence-corrected chi connectivity index (χ1v) is 14.3. The summed E-state index contributed by atoms with van der Waals surface area (Å²) in [5.41, 5.74) is 0. The van der Waals surface area contributed by atoms with Crippen molar-refractivity contribution < 1.29 is 310 Å². The molecule has 0 rings (SSSR count). The molecule has 0 aromatic heterocycles. The van der Waals surface area contributed by atoms with Gasteiger partial charge in [-0.05, 0) is 5.92 Å². The first-order chi connectivity index (χ1) is 14.6. The third-order valence-electron chi connectivity index (χ3n) is 0.348. The molecule has 0 saturated heterocycles. The minimum Gasteiger partial charge on any atom is -0.786 e. The molecule has 0 aliphatic rings. The van der Waals surface area contributed by atoms with Gasteiger partial charge in [0, 0.05) is 0 Å². The summed E-state index contributed by atoms with van der Waals surface area (Å²) >= 11 is 0. The van der Waals surface area contributed by atoms with Crippen molar-refractivity contribution in [1.82, 2.24) is 0 Å².